The van der Waals surface area contributed by atoms with Gasteiger partial charge in [0.25, 0.3) is 0 Å². The minimum absolute atomic E-state index is 0.544. The second kappa shape index (κ2) is 7.34. The standard InChI is InChI=1S/C18H12ClF3O/c19-16-10-7-13(8-11-16)6-9-15(12-17(23)18(20,21)22)14-4-2-1-3-5-14/h1-5,7-8,10-11,15H,12H2/t15-/m1/s1. The lowest BCUT2D eigenvalue weighted by Crippen LogP contribution is -2.24. The molecule has 0 aliphatic heterocycles. The molecule has 1 nitrogen and oxygen atoms in total. The Labute approximate surface area is 137 Å². The van der Waals surface area contributed by atoms with Crippen LogP contribution in [0.2, 0.25) is 5.02 Å². The number of ketones is 1. The SMILES string of the molecule is O=C(C[C@@H](C#Cc1ccc(Cl)cc1)c1ccccc1)C(F)(F)F. The number of Topliss-reactive ketones (excluding diaryl/α,β-unsaturated/α-hetero) is 1. The van der Waals surface area contributed by atoms with Crippen LogP contribution in [0.25, 0.3) is 0 Å². The topological polar surface area (TPSA) is 17.1 Å². The molecular formula is C18H12ClF3O. The zero-order valence-corrected chi connectivity index (χ0v) is 12.7. The average Bonchev–Trinajstić information content (AvgIpc) is 2.52. The van der Waals surface area contributed by atoms with Gasteiger partial charge in [0.05, 0.1) is 5.92 Å². The van der Waals surface area contributed by atoms with E-state index in [2.05, 4.69) is 11.8 Å². The Balaban J connectivity index is 2.28. The van der Waals surface area contributed by atoms with E-state index in [4.69, 9.17) is 11.6 Å². The normalized spacial score (nSPS) is 12.2. The summed E-state index contributed by atoms with van der Waals surface area (Å²) in [5, 5.41) is 0.544. The fourth-order valence-corrected chi connectivity index (χ4v) is 2.07. The van der Waals surface area contributed by atoms with Crippen molar-refractivity contribution in [3.8, 4) is 11.8 Å². The van der Waals surface area contributed by atoms with Gasteiger partial charge in [-0.1, -0.05) is 53.8 Å². The number of rotatable bonds is 3. The van der Waals surface area contributed by atoms with Crippen LogP contribution >= 0.6 is 11.6 Å². The molecule has 1 atom stereocenters. The maximum absolute atomic E-state index is 12.5. The third-order valence-electron chi connectivity index (χ3n) is 3.14. The van der Waals surface area contributed by atoms with Crippen LogP contribution in [0, 0.1) is 11.8 Å². The summed E-state index contributed by atoms with van der Waals surface area (Å²) in [6.45, 7) is 0. The number of carbonyl (C=O) groups is 1. The lowest BCUT2D eigenvalue weighted by molar-refractivity contribution is -0.171. The van der Waals surface area contributed by atoms with Gasteiger partial charge in [-0.2, -0.15) is 13.2 Å². The smallest absolute Gasteiger partial charge is 0.290 e. The van der Waals surface area contributed by atoms with Gasteiger partial charge in [-0.3, -0.25) is 4.79 Å². The van der Waals surface area contributed by atoms with E-state index in [1.165, 1.54) is 0 Å². The van der Waals surface area contributed by atoms with Crippen molar-refractivity contribution in [2.45, 2.75) is 18.5 Å². The van der Waals surface area contributed by atoms with Crippen LogP contribution in [-0.4, -0.2) is 12.0 Å². The first kappa shape index (κ1) is 17.1. The van der Waals surface area contributed by atoms with Crippen LogP contribution in [0.1, 0.15) is 23.5 Å². The molecule has 0 heterocycles. The summed E-state index contributed by atoms with van der Waals surface area (Å²) in [5.74, 6) is 2.96. The Morgan fingerprint density at radius 1 is 1.04 bits per heavy atom. The molecule has 0 amide bonds. The minimum atomic E-state index is -4.85. The zero-order valence-electron chi connectivity index (χ0n) is 11.9. The fraction of sp³-hybridized carbons (Fsp3) is 0.167. The second-order valence-electron chi connectivity index (χ2n) is 4.86. The van der Waals surface area contributed by atoms with Crippen molar-refractivity contribution in [3.63, 3.8) is 0 Å². The lowest BCUT2D eigenvalue weighted by Gasteiger charge is -2.12. The Bertz CT molecular complexity index is 725. The van der Waals surface area contributed by atoms with E-state index in [1.54, 1.807) is 54.6 Å². The molecule has 0 N–H and O–H groups in total. The van der Waals surface area contributed by atoms with Gasteiger partial charge < -0.3 is 0 Å². The van der Waals surface area contributed by atoms with Gasteiger partial charge in [-0.15, -0.1) is 0 Å². The van der Waals surface area contributed by atoms with E-state index in [-0.39, 0.29) is 0 Å². The van der Waals surface area contributed by atoms with E-state index in [0.29, 0.717) is 16.1 Å². The van der Waals surface area contributed by atoms with Crippen LogP contribution in [0.5, 0.6) is 0 Å². The Morgan fingerprint density at radius 3 is 2.22 bits per heavy atom. The molecule has 0 spiro atoms. The van der Waals surface area contributed by atoms with Gasteiger partial charge in [0.15, 0.2) is 0 Å². The molecule has 5 heteroatoms. The molecule has 23 heavy (non-hydrogen) atoms. The highest BCUT2D eigenvalue weighted by Crippen LogP contribution is 2.26. The zero-order chi connectivity index (χ0) is 16.9. The highest BCUT2D eigenvalue weighted by Gasteiger charge is 2.39. The maximum atomic E-state index is 12.5. The van der Waals surface area contributed by atoms with E-state index < -0.39 is 24.3 Å². The molecule has 0 saturated heterocycles. The predicted octanol–water partition coefficient (Wildman–Crippen LogP) is 5.00. The summed E-state index contributed by atoms with van der Waals surface area (Å²) in [5.41, 5.74) is 1.20. The summed E-state index contributed by atoms with van der Waals surface area (Å²) in [7, 11) is 0. The van der Waals surface area contributed by atoms with Crippen LogP contribution in [-0.2, 0) is 4.79 Å². The first-order valence-corrected chi connectivity index (χ1v) is 7.16. The molecule has 0 aromatic heterocycles. The van der Waals surface area contributed by atoms with Gasteiger partial charge in [0.2, 0.25) is 5.78 Å². The summed E-state index contributed by atoms with van der Waals surface area (Å²) in [4.78, 5) is 11.3. The Kier molecular flexibility index (Phi) is 5.46. The fourth-order valence-electron chi connectivity index (χ4n) is 1.94. The predicted molar refractivity (Wildman–Crippen MR) is 83.2 cm³/mol. The molecule has 2 rings (SSSR count). The van der Waals surface area contributed by atoms with Crippen molar-refractivity contribution in [3.05, 3.63) is 70.7 Å². The second-order valence-corrected chi connectivity index (χ2v) is 5.30. The van der Waals surface area contributed by atoms with E-state index in [1.807, 2.05) is 0 Å². The molecule has 0 radical (unpaired) electrons. The van der Waals surface area contributed by atoms with Crippen molar-refractivity contribution in [1.82, 2.24) is 0 Å². The Hall–Kier alpha value is -2.25. The van der Waals surface area contributed by atoms with Crippen LogP contribution in [0.3, 0.4) is 0 Å². The van der Waals surface area contributed by atoms with Gasteiger partial charge >= 0.3 is 6.18 Å². The van der Waals surface area contributed by atoms with Crippen LogP contribution in [0.15, 0.2) is 54.6 Å². The molecule has 118 valence electrons. The lowest BCUT2D eigenvalue weighted by atomic mass is 9.93. The minimum Gasteiger partial charge on any atom is -0.290 e. The maximum Gasteiger partial charge on any atom is 0.450 e. The van der Waals surface area contributed by atoms with Crippen molar-refractivity contribution in [2.24, 2.45) is 0 Å². The van der Waals surface area contributed by atoms with Gasteiger partial charge in [-0.25, -0.2) is 0 Å². The molecule has 0 saturated carbocycles. The third-order valence-corrected chi connectivity index (χ3v) is 3.39. The molecule has 2 aromatic rings. The quantitative estimate of drug-likeness (QED) is 0.721. The first-order valence-electron chi connectivity index (χ1n) is 6.78. The van der Waals surface area contributed by atoms with Gasteiger partial charge in [0.1, 0.15) is 0 Å². The monoisotopic (exact) mass is 336 g/mol. The highest BCUT2D eigenvalue weighted by molar-refractivity contribution is 6.30. The Morgan fingerprint density at radius 2 is 1.65 bits per heavy atom. The number of halogens is 4. The third kappa shape index (κ3) is 5.15. The molecule has 0 unspecified atom stereocenters. The van der Waals surface area contributed by atoms with Gasteiger partial charge in [-0.05, 0) is 29.8 Å². The van der Waals surface area contributed by atoms with Crippen molar-refractivity contribution in [2.75, 3.05) is 0 Å². The van der Waals surface area contributed by atoms with E-state index in [9.17, 15) is 18.0 Å². The molecule has 0 bridgehead atoms. The summed E-state index contributed by atoms with van der Waals surface area (Å²) >= 11 is 5.77. The molecule has 0 aliphatic rings. The van der Waals surface area contributed by atoms with Crippen LogP contribution < -0.4 is 0 Å². The number of benzene rings is 2. The van der Waals surface area contributed by atoms with Crippen molar-refractivity contribution < 1.29 is 18.0 Å². The molecule has 0 aliphatic carbocycles. The first-order chi connectivity index (χ1) is 10.9. The number of hydrogen-bond acceptors (Lipinski definition) is 1. The van der Waals surface area contributed by atoms with Crippen molar-refractivity contribution >= 4 is 17.4 Å². The number of alkyl halides is 3. The summed E-state index contributed by atoms with van der Waals surface area (Å²) in [6.07, 6.45) is -5.55. The van der Waals surface area contributed by atoms with Gasteiger partial charge in [0, 0.05) is 17.0 Å². The average molecular weight is 337 g/mol. The van der Waals surface area contributed by atoms with Crippen LogP contribution in [0.4, 0.5) is 13.2 Å². The summed E-state index contributed by atoms with van der Waals surface area (Å²) < 4.78 is 37.6. The molecule has 2 aromatic carbocycles. The largest absolute Gasteiger partial charge is 0.450 e. The van der Waals surface area contributed by atoms with E-state index >= 15 is 0 Å². The number of carbonyl (C=O) groups excluding carboxylic acids is 1. The molecular weight excluding hydrogens is 325 g/mol. The summed E-state index contributed by atoms with van der Waals surface area (Å²) in [6, 6.07) is 15.1. The van der Waals surface area contributed by atoms with E-state index in [0.717, 1.165) is 0 Å². The highest BCUT2D eigenvalue weighted by atomic mass is 35.5. The number of hydrogen-bond donors (Lipinski definition) is 0. The molecule has 0 fully saturated rings. The van der Waals surface area contributed by atoms with Crippen molar-refractivity contribution in [1.29, 1.82) is 0 Å².